The van der Waals surface area contributed by atoms with Gasteiger partial charge in [0.05, 0.1) is 30.2 Å². The Morgan fingerprint density at radius 2 is 1.69 bits per heavy atom. The Kier molecular flexibility index (Phi) is 5.27. The van der Waals surface area contributed by atoms with Crippen molar-refractivity contribution >= 4 is 27.2 Å². The Morgan fingerprint density at radius 3 is 2.27 bits per heavy atom. The molecule has 0 amide bonds. The van der Waals surface area contributed by atoms with E-state index < -0.39 is 30.2 Å². The molecule has 7 heteroatoms. The molecule has 0 unspecified atom stereocenters. The van der Waals surface area contributed by atoms with Gasteiger partial charge in [0, 0.05) is 15.8 Å². The van der Waals surface area contributed by atoms with E-state index in [2.05, 4.69) is 27.5 Å². The molecule has 2 aromatic rings. The first kappa shape index (κ1) is 18.4. The molecule has 0 spiro atoms. The highest BCUT2D eigenvalue weighted by atomic mass is 79.9. The molecule has 3 rings (SSSR count). The fourth-order valence-electron chi connectivity index (χ4n) is 2.77. The van der Waals surface area contributed by atoms with E-state index >= 15 is 0 Å². The van der Waals surface area contributed by atoms with Crippen molar-refractivity contribution in [3.05, 3.63) is 88.3 Å². The molecule has 0 fully saturated rings. The van der Waals surface area contributed by atoms with Crippen LogP contribution in [0.1, 0.15) is 11.1 Å². The second-order valence-electron chi connectivity index (χ2n) is 5.55. The molecule has 2 nitrogen and oxygen atoms in total. The van der Waals surface area contributed by atoms with Crippen LogP contribution in [-0.4, -0.2) is 22.9 Å². The maximum absolute atomic E-state index is 14.4. The SMILES string of the molecule is C=C1C(Br)=CC(c2ccccc2)=C(c2c(F)cncc2F)N1CC(F)F. The molecule has 0 radical (unpaired) electrons. The Balaban J connectivity index is 2.35. The van der Waals surface area contributed by atoms with E-state index in [1.807, 2.05) is 0 Å². The molecular formula is C19H13BrF4N2. The minimum atomic E-state index is -2.73. The lowest BCUT2D eigenvalue weighted by atomic mass is 9.94. The van der Waals surface area contributed by atoms with Gasteiger partial charge in [-0.15, -0.1) is 0 Å². The van der Waals surface area contributed by atoms with Crippen molar-refractivity contribution in [3.8, 4) is 0 Å². The number of hydrogen-bond acceptors (Lipinski definition) is 2. The summed E-state index contributed by atoms with van der Waals surface area (Å²) in [6.45, 7) is 3.02. The van der Waals surface area contributed by atoms with Crippen LogP contribution < -0.4 is 0 Å². The van der Waals surface area contributed by atoms with Gasteiger partial charge >= 0.3 is 0 Å². The van der Waals surface area contributed by atoms with Crippen LogP contribution in [0.4, 0.5) is 17.6 Å². The van der Waals surface area contributed by atoms with Gasteiger partial charge in [0.1, 0.15) is 0 Å². The van der Waals surface area contributed by atoms with Crippen LogP contribution in [0.3, 0.4) is 0 Å². The molecule has 2 heterocycles. The van der Waals surface area contributed by atoms with Crippen molar-refractivity contribution in [3.63, 3.8) is 0 Å². The molecule has 0 saturated heterocycles. The molecule has 0 aliphatic carbocycles. The molecular weight excluding hydrogens is 412 g/mol. The number of allylic oxidation sites excluding steroid dienone is 3. The molecule has 0 N–H and O–H groups in total. The number of pyridine rings is 1. The summed E-state index contributed by atoms with van der Waals surface area (Å²) in [7, 11) is 0. The number of alkyl halides is 2. The van der Waals surface area contributed by atoms with Crippen LogP contribution in [0.5, 0.6) is 0 Å². The molecule has 0 bridgehead atoms. The van der Waals surface area contributed by atoms with Gasteiger partial charge in [-0.05, 0) is 27.6 Å². The number of rotatable bonds is 4. The fraction of sp³-hybridized carbons (Fsp3) is 0.105. The Hall–Kier alpha value is -2.41. The second-order valence-corrected chi connectivity index (χ2v) is 6.40. The van der Waals surface area contributed by atoms with E-state index in [1.165, 1.54) is 0 Å². The standard InChI is InChI=1S/C19H13BrF4N2/c1-11-14(20)7-13(12-5-3-2-4-6-12)19(26(11)10-17(23)24)18-15(21)8-25-9-16(18)22/h2-9,17H,1,10H2. The summed E-state index contributed by atoms with van der Waals surface area (Å²) in [5.41, 5.74) is 0.783. The number of halogens is 5. The van der Waals surface area contributed by atoms with Crippen molar-refractivity contribution < 1.29 is 17.6 Å². The summed E-state index contributed by atoms with van der Waals surface area (Å²) in [5.74, 6) is -1.88. The normalized spacial score (nSPS) is 14.9. The third-order valence-electron chi connectivity index (χ3n) is 3.89. The van der Waals surface area contributed by atoms with Crippen LogP contribution >= 0.6 is 15.9 Å². The quantitative estimate of drug-likeness (QED) is 0.593. The average molecular weight is 425 g/mol. The summed E-state index contributed by atoms with van der Waals surface area (Å²) < 4.78 is 55.7. The van der Waals surface area contributed by atoms with Crippen LogP contribution in [0, 0.1) is 11.6 Å². The van der Waals surface area contributed by atoms with Gasteiger partial charge < -0.3 is 4.90 Å². The van der Waals surface area contributed by atoms with Gasteiger partial charge in [0.2, 0.25) is 0 Å². The van der Waals surface area contributed by atoms with E-state index in [1.54, 1.807) is 36.4 Å². The minimum Gasteiger partial charge on any atom is -0.334 e. The number of nitrogens with zero attached hydrogens (tertiary/aromatic N) is 2. The van der Waals surface area contributed by atoms with Crippen LogP contribution in [0.15, 0.2) is 65.6 Å². The molecule has 0 saturated carbocycles. The smallest absolute Gasteiger partial charge is 0.256 e. The minimum absolute atomic E-state index is 0.0119. The van der Waals surface area contributed by atoms with E-state index in [9.17, 15) is 17.6 Å². The van der Waals surface area contributed by atoms with Gasteiger partial charge in [0.15, 0.2) is 11.6 Å². The van der Waals surface area contributed by atoms with Gasteiger partial charge in [-0.1, -0.05) is 36.9 Å². The molecule has 0 atom stereocenters. The average Bonchev–Trinajstić information content (AvgIpc) is 2.60. The highest BCUT2D eigenvalue weighted by Gasteiger charge is 2.31. The zero-order chi connectivity index (χ0) is 18.8. The Bertz CT molecular complexity index is 887. The highest BCUT2D eigenvalue weighted by molar-refractivity contribution is 9.12. The van der Waals surface area contributed by atoms with Crippen molar-refractivity contribution in [1.82, 2.24) is 9.88 Å². The number of hydrogen-bond donors (Lipinski definition) is 0. The summed E-state index contributed by atoms with van der Waals surface area (Å²) >= 11 is 3.30. The first-order valence-corrected chi connectivity index (χ1v) is 8.40. The third kappa shape index (κ3) is 3.44. The lowest BCUT2D eigenvalue weighted by molar-refractivity contribution is 0.123. The van der Waals surface area contributed by atoms with E-state index in [0.29, 0.717) is 15.6 Å². The molecule has 134 valence electrons. The second kappa shape index (κ2) is 7.45. The van der Waals surface area contributed by atoms with Crippen LogP contribution in [0.2, 0.25) is 0 Å². The zero-order valence-electron chi connectivity index (χ0n) is 13.4. The number of benzene rings is 1. The lowest BCUT2D eigenvalue weighted by Crippen LogP contribution is -2.30. The zero-order valence-corrected chi connectivity index (χ0v) is 15.0. The molecule has 26 heavy (non-hydrogen) atoms. The number of aromatic nitrogens is 1. The largest absolute Gasteiger partial charge is 0.334 e. The monoisotopic (exact) mass is 424 g/mol. The van der Waals surface area contributed by atoms with Crippen molar-refractivity contribution in [2.24, 2.45) is 0 Å². The first-order chi connectivity index (χ1) is 12.4. The maximum Gasteiger partial charge on any atom is 0.256 e. The lowest BCUT2D eigenvalue weighted by Gasteiger charge is -2.34. The Morgan fingerprint density at radius 1 is 1.08 bits per heavy atom. The predicted molar refractivity (Wildman–Crippen MR) is 96.3 cm³/mol. The summed E-state index contributed by atoms with van der Waals surface area (Å²) in [6.07, 6.45) is 0.592. The Labute approximate surface area is 156 Å². The predicted octanol–water partition coefficient (Wildman–Crippen LogP) is 5.60. The van der Waals surface area contributed by atoms with Gasteiger partial charge in [0.25, 0.3) is 6.43 Å². The van der Waals surface area contributed by atoms with Crippen LogP contribution in [-0.2, 0) is 0 Å². The van der Waals surface area contributed by atoms with Crippen molar-refractivity contribution in [2.75, 3.05) is 6.54 Å². The fourth-order valence-corrected chi connectivity index (χ4v) is 3.22. The topological polar surface area (TPSA) is 16.1 Å². The highest BCUT2D eigenvalue weighted by Crippen LogP contribution is 2.42. The molecule has 1 aliphatic heterocycles. The van der Waals surface area contributed by atoms with Crippen molar-refractivity contribution in [2.45, 2.75) is 6.43 Å². The van der Waals surface area contributed by atoms with E-state index in [-0.39, 0.29) is 11.4 Å². The van der Waals surface area contributed by atoms with Gasteiger partial charge in [-0.3, -0.25) is 4.98 Å². The van der Waals surface area contributed by atoms with Crippen LogP contribution in [0.25, 0.3) is 11.3 Å². The summed E-state index contributed by atoms with van der Waals surface area (Å²) in [6, 6.07) is 8.76. The molecule has 1 aromatic carbocycles. The van der Waals surface area contributed by atoms with E-state index in [0.717, 1.165) is 17.3 Å². The third-order valence-corrected chi connectivity index (χ3v) is 4.58. The molecule has 1 aliphatic rings. The maximum atomic E-state index is 14.4. The summed E-state index contributed by atoms with van der Waals surface area (Å²) in [5, 5.41) is 0. The van der Waals surface area contributed by atoms with E-state index in [4.69, 9.17) is 0 Å². The van der Waals surface area contributed by atoms with Gasteiger partial charge in [-0.2, -0.15) is 0 Å². The van der Waals surface area contributed by atoms with Gasteiger partial charge in [-0.25, -0.2) is 17.6 Å². The molecule has 1 aromatic heterocycles. The summed E-state index contributed by atoms with van der Waals surface area (Å²) in [4.78, 5) is 4.59. The van der Waals surface area contributed by atoms with Crippen molar-refractivity contribution in [1.29, 1.82) is 0 Å². The first-order valence-electron chi connectivity index (χ1n) is 7.61.